The number of urea groups is 1. The number of anilines is 2. The van der Waals surface area contributed by atoms with Crippen LogP contribution in [0.3, 0.4) is 0 Å². The van der Waals surface area contributed by atoms with Gasteiger partial charge >= 0.3 is 6.03 Å². The van der Waals surface area contributed by atoms with Crippen LogP contribution in [0.5, 0.6) is 0 Å². The second-order valence-electron chi connectivity index (χ2n) is 8.00. The average molecular weight is 444 g/mol. The smallest absolute Gasteiger partial charge is 0.319 e. The molecule has 32 heavy (non-hydrogen) atoms. The van der Waals surface area contributed by atoms with Gasteiger partial charge in [0, 0.05) is 24.6 Å². The number of hydrogen-bond donors (Lipinski definition) is 2. The minimum absolute atomic E-state index is 0.0418. The summed E-state index contributed by atoms with van der Waals surface area (Å²) in [5.74, 6) is 0.855. The van der Waals surface area contributed by atoms with E-state index in [2.05, 4.69) is 27.5 Å². The lowest BCUT2D eigenvalue weighted by atomic mass is 9.98. The predicted molar refractivity (Wildman–Crippen MR) is 122 cm³/mol. The van der Waals surface area contributed by atoms with E-state index in [1.807, 2.05) is 25.7 Å². The molecule has 0 spiro atoms. The molecule has 172 valence electrons. The highest BCUT2D eigenvalue weighted by Gasteiger charge is 2.25. The molecule has 1 atom stereocenters. The summed E-state index contributed by atoms with van der Waals surface area (Å²) in [4.78, 5) is 23.3. The van der Waals surface area contributed by atoms with Crippen LogP contribution in [0.15, 0.2) is 35.0 Å². The summed E-state index contributed by atoms with van der Waals surface area (Å²) in [5.41, 5.74) is 1.86. The van der Waals surface area contributed by atoms with E-state index < -0.39 is 12.1 Å². The monoisotopic (exact) mass is 443 g/mol. The molecule has 0 saturated carbocycles. The number of methoxy groups -OCH3 is 1. The minimum atomic E-state index is -0.409. The summed E-state index contributed by atoms with van der Waals surface area (Å²) >= 11 is 0. The normalized spacial score (nSPS) is 12.2. The van der Waals surface area contributed by atoms with Crippen LogP contribution < -0.4 is 15.5 Å². The molecular weight excluding hydrogens is 413 g/mol. The standard InChI is InChI=1S/C23H30FN5O3/c1-6-9-29(13-31-5)22-25-11-17(12-26-22)27-23(30)28-20(14(2)3)21-15(4)18-10-16(24)7-8-19(18)32-21/h7-8,10-12,14,20H,6,9,13H2,1-5H3,(H2,27,28,30). The van der Waals surface area contributed by atoms with Gasteiger partial charge in [-0.2, -0.15) is 0 Å². The molecule has 9 heteroatoms. The van der Waals surface area contributed by atoms with Crippen molar-refractivity contribution in [2.75, 3.05) is 30.6 Å². The number of aromatic nitrogens is 2. The zero-order valence-electron chi connectivity index (χ0n) is 19.1. The maximum absolute atomic E-state index is 13.7. The van der Waals surface area contributed by atoms with E-state index in [1.54, 1.807) is 25.6 Å². The minimum Gasteiger partial charge on any atom is -0.459 e. The van der Waals surface area contributed by atoms with Gasteiger partial charge in [-0.1, -0.05) is 20.8 Å². The molecule has 0 fully saturated rings. The number of fused-ring (bicyclic) bond motifs is 1. The SMILES string of the molecule is CCCN(COC)c1ncc(NC(=O)NC(c2oc3ccc(F)cc3c2C)C(C)C)cn1. The van der Waals surface area contributed by atoms with Crippen molar-refractivity contribution in [2.45, 2.75) is 40.2 Å². The van der Waals surface area contributed by atoms with Gasteiger partial charge in [0.05, 0.1) is 24.1 Å². The van der Waals surface area contributed by atoms with E-state index in [4.69, 9.17) is 9.15 Å². The Balaban J connectivity index is 1.73. The highest BCUT2D eigenvalue weighted by atomic mass is 19.1. The maximum Gasteiger partial charge on any atom is 0.319 e. The fourth-order valence-electron chi connectivity index (χ4n) is 3.55. The first kappa shape index (κ1) is 23.5. The maximum atomic E-state index is 13.7. The molecule has 0 bridgehead atoms. The van der Waals surface area contributed by atoms with E-state index in [1.165, 1.54) is 12.1 Å². The summed E-state index contributed by atoms with van der Waals surface area (Å²) in [7, 11) is 1.62. The van der Waals surface area contributed by atoms with E-state index in [0.29, 0.717) is 35.1 Å². The summed E-state index contributed by atoms with van der Waals surface area (Å²) in [6.45, 7) is 9.04. The number of aryl methyl sites for hydroxylation is 1. The van der Waals surface area contributed by atoms with Gasteiger partial charge in [-0.05, 0) is 37.5 Å². The lowest BCUT2D eigenvalue weighted by Crippen LogP contribution is -2.35. The van der Waals surface area contributed by atoms with Crippen molar-refractivity contribution in [2.24, 2.45) is 5.92 Å². The molecule has 3 rings (SSSR count). The Morgan fingerprint density at radius 3 is 2.62 bits per heavy atom. The Morgan fingerprint density at radius 2 is 2.00 bits per heavy atom. The van der Waals surface area contributed by atoms with Gasteiger partial charge in [0.2, 0.25) is 5.95 Å². The van der Waals surface area contributed by atoms with Crippen molar-refractivity contribution < 1.29 is 18.3 Å². The third-order valence-corrected chi connectivity index (χ3v) is 5.13. The van der Waals surface area contributed by atoms with Crippen LogP contribution >= 0.6 is 0 Å². The summed E-state index contributed by atoms with van der Waals surface area (Å²) in [6.07, 6.45) is 4.04. The topological polar surface area (TPSA) is 92.5 Å². The first-order chi connectivity index (χ1) is 15.3. The zero-order chi connectivity index (χ0) is 23.3. The Labute approximate surface area is 187 Å². The quantitative estimate of drug-likeness (QED) is 0.452. The van der Waals surface area contributed by atoms with Crippen molar-refractivity contribution in [3.05, 3.63) is 47.7 Å². The molecule has 2 N–H and O–H groups in total. The highest BCUT2D eigenvalue weighted by Crippen LogP contribution is 2.33. The van der Waals surface area contributed by atoms with E-state index in [0.717, 1.165) is 18.5 Å². The Morgan fingerprint density at radius 1 is 1.28 bits per heavy atom. The van der Waals surface area contributed by atoms with Gasteiger partial charge in [0.15, 0.2) is 0 Å². The van der Waals surface area contributed by atoms with Crippen LogP contribution in [-0.4, -0.2) is 36.4 Å². The molecule has 3 aromatic rings. The lowest BCUT2D eigenvalue weighted by molar-refractivity contribution is 0.196. The first-order valence-corrected chi connectivity index (χ1v) is 10.7. The van der Waals surface area contributed by atoms with Crippen LogP contribution in [-0.2, 0) is 4.74 Å². The Kier molecular flexibility index (Phi) is 7.63. The van der Waals surface area contributed by atoms with Crippen molar-refractivity contribution in [3.63, 3.8) is 0 Å². The highest BCUT2D eigenvalue weighted by molar-refractivity contribution is 5.89. The number of amides is 2. The molecule has 1 unspecified atom stereocenters. The number of carbonyl (C=O) groups excluding carboxylic acids is 1. The first-order valence-electron chi connectivity index (χ1n) is 10.7. The van der Waals surface area contributed by atoms with E-state index >= 15 is 0 Å². The molecule has 0 aliphatic carbocycles. The summed E-state index contributed by atoms with van der Waals surface area (Å²) in [6, 6.07) is 3.60. The molecule has 0 aliphatic rings. The molecule has 0 radical (unpaired) electrons. The second-order valence-corrected chi connectivity index (χ2v) is 8.00. The summed E-state index contributed by atoms with van der Waals surface area (Å²) in [5, 5.41) is 6.41. The van der Waals surface area contributed by atoms with Gasteiger partial charge in [-0.15, -0.1) is 0 Å². The number of benzene rings is 1. The Hall–Kier alpha value is -3.20. The molecule has 2 aromatic heterocycles. The largest absolute Gasteiger partial charge is 0.459 e. The molecule has 8 nitrogen and oxygen atoms in total. The van der Waals surface area contributed by atoms with Crippen LogP contribution in [0.4, 0.5) is 20.8 Å². The second kappa shape index (κ2) is 10.4. The van der Waals surface area contributed by atoms with Gasteiger partial charge < -0.3 is 24.7 Å². The van der Waals surface area contributed by atoms with E-state index in [-0.39, 0.29) is 11.7 Å². The van der Waals surface area contributed by atoms with Gasteiger partial charge in [0.1, 0.15) is 23.9 Å². The molecule has 2 heterocycles. The zero-order valence-corrected chi connectivity index (χ0v) is 19.1. The van der Waals surface area contributed by atoms with Gasteiger partial charge in [0.25, 0.3) is 0 Å². The molecular formula is C23H30FN5O3. The number of nitrogens with zero attached hydrogens (tertiary/aromatic N) is 3. The third kappa shape index (κ3) is 5.34. The number of furan rings is 1. The lowest BCUT2D eigenvalue weighted by Gasteiger charge is -2.22. The van der Waals surface area contributed by atoms with E-state index in [9.17, 15) is 9.18 Å². The predicted octanol–water partition coefficient (Wildman–Crippen LogP) is 5.01. The van der Waals surface area contributed by atoms with Crippen LogP contribution in [0.25, 0.3) is 11.0 Å². The number of rotatable bonds is 9. The van der Waals surface area contributed by atoms with Crippen LogP contribution in [0.1, 0.15) is 44.6 Å². The van der Waals surface area contributed by atoms with Crippen LogP contribution in [0, 0.1) is 18.7 Å². The molecule has 0 aliphatic heterocycles. The third-order valence-electron chi connectivity index (χ3n) is 5.13. The molecule has 2 amide bonds. The van der Waals surface area contributed by atoms with Crippen molar-refractivity contribution in [1.82, 2.24) is 15.3 Å². The van der Waals surface area contributed by atoms with Crippen molar-refractivity contribution in [1.29, 1.82) is 0 Å². The average Bonchev–Trinajstić information content (AvgIpc) is 3.08. The number of hydrogen-bond acceptors (Lipinski definition) is 6. The summed E-state index contributed by atoms with van der Waals surface area (Å²) < 4.78 is 24.8. The fraction of sp³-hybridized carbons (Fsp3) is 0.435. The Bertz CT molecular complexity index is 1050. The van der Waals surface area contributed by atoms with Gasteiger partial charge in [-0.3, -0.25) is 0 Å². The number of halogens is 1. The van der Waals surface area contributed by atoms with Crippen molar-refractivity contribution in [3.8, 4) is 0 Å². The molecule has 1 aromatic carbocycles. The number of carbonyl (C=O) groups is 1. The number of nitrogens with one attached hydrogen (secondary N) is 2. The fourth-order valence-corrected chi connectivity index (χ4v) is 3.55. The van der Waals surface area contributed by atoms with Crippen molar-refractivity contribution >= 4 is 28.6 Å². The van der Waals surface area contributed by atoms with Gasteiger partial charge in [-0.25, -0.2) is 19.2 Å². The molecule has 0 saturated heterocycles. The van der Waals surface area contributed by atoms with Crippen LogP contribution in [0.2, 0.25) is 0 Å². The number of ether oxygens (including phenoxy) is 1.